The van der Waals surface area contributed by atoms with E-state index in [0.29, 0.717) is 40.8 Å². The second-order valence-electron chi connectivity index (χ2n) is 7.71. The maximum absolute atomic E-state index is 12.6. The summed E-state index contributed by atoms with van der Waals surface area (Å²) in [5.74, 6) is 1.41. The van der Waals surface area contributed by atoms with Crippen LogP contribution in [0.25, 0.3) is 10.9 Å². The fourth-order valence-electron chi connectivity index (χ4n) is 3.34. The van der Waals surface area contributed by atoms with E-state index in [1.165, 1.54) is 6.26 Å². The van der Waals surface area contributed by atoms with Gasteiger partial charge in [0.25, 0.3) is 5.56 Å². The molecular formula is C22H23ClN6O2. The minimum Gasteiger partial charge on any atom is -0.432 e. The van der Waals surface area contributed by atoms with Gasteiger partial charge in [0.1, 0.15) is 12.1 Å². The lowest BCUT2D eigenvalue weighted by Gasteiger charge is -2.22. The molecule has 0 aliphatic heterocycles. The van der Waals surface area contributed by atoms with Crippen molar-refractivity contribution in [1.29, 1.82) is 0 Å². The number of nitrogens with zero attached hydrogens (tertiary/aromatic N) is 4. The zero-order valence-corrected chi connectivity index (χ0v) is 18.2. The van der Waals surface area contributed by atoms with Crippen LogP contribution in [-0.2, 0) is 0 Å². The number of aromatic nitrogens is 4. The number of benzene rings is 1. The van der Waals surface area contributed by atoms with Crippen molar-refractivity contribution < 1.29 is 4.42 Å². The van der Waals surface area contributed by atoms with Gasteiger partial charge in [-0.15, -0.1) is 0 Å². The summed E-state index contributed by atoms with van der Waals surface area (Å²) >= 11 is 6.10. The molecule has 0 aliphatic rings. The number of nitrogens with one attached hydrogen (secondary N) is 2. The first-order valence-corrected chi connectivity index (χ1v) is 10.4. The molecule has 0 amide bonds. The van der Waals surface area contributed by atoms with Crippen LogP contribution in [0.1, 0.15) is 32.4 Å². The Bertz CT molecular complexity index is 1240. The van der Waals surface area contributed by atoms with E-state index in [0.717, 1.165) is 10.9 Å². The lowest BCUT2D eigenvalue weighted by molar-refractivity contribution is 0.531. The topological polar surface area (TPSA) is 99.9 Å². The number of hydrogen-bond acceptors (Lipinski definition) is 7. The molecule has 8 nitrogen and oxygen atoms in total. The lowest BCUT2D eigenvalue weighted by Crippen LogP contribution is -2.24. The van der Waals surface area contributed by atoms with E-state index in [2.05, 4.69) is 39.1 Å². The van der Waals surface area contributed by atoms with Crippen LogP contribution in [0, 0.1) is 5.92 Å². The first-order valence-electron chi connectivity index (χ1n) is 10.00. The minimum absolute atomic E-state index is 0.174. The summed E-state index contributed by atoms with van der Waals surface area (Å²) in [4.78, 5) is 30.6. The van der Waals surface area contributed by atoms with Crippen LogP contribution in [-0.4, -0.2) is 26.5 Å². The van der Waals surface area contributed by atoms with Crippen molar-refractivity contribution in [2.24, 2.45) is 5.92 Å². The largest absolute Gasteiger partial charge is 0.432 e. The van der Waals surface area contributed by atoms with Gasteiger partial charge in [0.15, 0.2) is 0 Å². The Morgan fingerprint density at radius 2 is 2.00 bits per heavy atom. The van der Waals surface area contributed by atoms with Crippen LogP contribution < -0.4 is 15.8 Å². The highest BCUT2D eigenvalue weighted by Gasteiger charge is 2.18. The SMILES string of the molecule is CC(C)CN(c1ccnc(NC(C)c2cc3cc(Cl)ccc3[nH]c2=O)n1)c1ncco1. The standard InChI is InChI=1S/C22H23ClN6O2/c1-13(2)12-29(22-25-8-9-31-22)19-6-7-24-21(28-19)26-14(3)17-11-15-10-16(23)4-5-18(15)27-20(17)30/h4-11,13-14H,12H2,1-3H3,(H,27,30)(H,24,26,28). The third-order valence-electron chi connectivity index (χ3n) is 4.76. The van der Waals surface area contributed by atoms with Gasteiger partial charge in [-0.05, 0) is 43.2 Å². The molecule has 0 aliphatic carbocycles. The number of halogens is 1. The minimum atomic E-state index is -0.331. The maximum Gasteiger partial charge on any atom is 0.302 e. The Labute approximate surface area is 184 Å². The highest BCUT2D eigenvalue weighted by Crippen LogP contribution is 2.25. The predicted octanol–water partition coefficient (Wildman–Crippen LogP) is 4.93. The van der Waals surface area contributed by atoms with E-state index in [9.17, 15) is 4.79 Å². The summed E-state index contributed by atoms with van der Waals surface area (Å²) in [6, 6.07) is 9.13. The number of rotatable bonds is 7. The molecule has 1 aromatic carbocycles. The molecule has 2 N–H and O–H groups in total. The number of fused-ring (bicyclic) bond motifs is 1. The molecule has 0 saturated carbocycles. The molecule has 0 radical (unpaired) electrons. The Kier molecular flexibility index (Phi) is 5.90. The van der Waals surface area contributed by atoms with Gasteiger partial charge in [0, 0.05) is 34.2 Å². The molecule has 160 valence electrons. The quantitative estimate of drug-likeness (QED) is 0.422. The Hall–Kier alpha value is -3.39. The van der Waals surface area contributed by atoms with Crippen molar-refractivity contribution in [2.45, 2.75) is 26.8 Å². The highest BCUT2D eigenvalue weighted by atomic mass is 35.5. The van der Waals surface area contributed by atoms with Crippen molar-refractivity contribution in [1.82, 2.24) is 19.9 Å². The van der Waals surface area contributed by atoms with Gasteiger partial charge >= 0.3 is 6.01 Å². The fraction of sp³-hybridized carbons (Fsp3) is 0.273. The van der Waals surface area contributed by atoms with Crippen LogP contribution in [0.5, 0.6) is 0 Å². The van der Waals surface area contributed by atoms with Gasteiger partial charge in [-0.25, -0.2) is 9.97 Å². The third-order valence-corrected chi connectivity index (χ3v) is 5.00. The number of H-pyrrole nitrogens is 1. The molecule has 3 aromatic heterocycles. The second-order valence-corrected chi connectivity index (χ2v) is 8.15. The summed E-state index contributed by atoms with van der Waals surface area (Å²) < 4.78 is 5.49. The average molecular weight is 439 g/mol. The monoisotopic (exact) mass is 438 g/mol. The number of oxazole rings is 1. The number of hydrogen-bond donors (Lipinski definition) is 2. The van der Waals surface area contributed by atoms with E-state index in [4.69, 9.17) is 16.0 Å². The smallest absolute Gasteiger partial charge is 0.302 e. The molecule has 0 saturated heterocycles. The Balaban J connectivity index is 1.62. The van der Waals surface area contributed by atoms with Crippen molar-refractivity contribution in [3.05, 3.63) is 69.9 Å². The first kappa shape index (κ1) is 20.9. The van der Waals surface area contributed by atoms with Crippen molar-refractivity contribution in [3.8, 4) is 0 Å². The van der Waals surface area contributed by atoms with Crippen LogP contribution in [0.4, 0.5) is 17.8 Å². The molecule has 4 rings (SSSR count). The molecule has 9 heteroatoms. The molecule has 0 spiro atoms. The van der Waals surface area contributed by atoms with Gasteiger partial charge in [0.2, 0.25) is 5.95 Å². The van der Waals surface area contributed by atoms with Crippen LogP contribution in [0.3, 0.4) is 0 Å². The van der Waals surface area contributed by atoms with Gasteiger partial charge in [-0.2, -0.15) is 4.98 Å². The summed E-state index contributed by atoms with van der Waals surface area (Å²) in [7, 11) is 0. The van der Waals surface area contributed by atoms with E-state index < -0.39 is 0 Å². The Morgan fingerprint density at radius 1 is 1.16 bits per heavy atom. The predicted molar refractivity (Wildman–Crippen MR) is 122 cm³/mol. The highest BCUT2D eigenvalue weighted by molar-refractivity contribution is 6.31. The lowest BCUT2D eigenvalue weighted by atomic mass is 10.1. The van der Waals surface area contributed by atoms with Gasteiger partial charge < -0.3 is 14.7 Å². The molecule has 1 atom stereocenters. The average Bonchev–Trinajstić information content (AvgIpc) is 3.26. The molecular weight excluding hydrogens is 416 g/mol. The van der Waals surface area contributed by atoms with Gasteiger partial charge in [0.05, 0.1) is 12.2 Å². The number of pyridine rings is 1. The van der Waals surface area contributed by atoms with E-state index in [-0.39, 0.29) is 11.6 Å². The van der Waals surface area contributed by atoms with E-state index in [1.54, 1.807) is 30.6 Å². The fourth-order valence-corrected chi connectivity index (χ4v) is 3.52. The molecule has 3 heterocycles. The van der Waals surface area contributed by atoms with Gasteiger partial charge in [-0.1, -0.05) is 25.4 Å². The van der Waals surface area contributed by atoms with Crippen LogP contribution in [0.15, 0.2) is 58.2 Å². The normalized spacial score (nSPS) is 12.3. The zero-order valence-electron chi connectivity index (χ0n) is 17.5. The number of anilines is 3. The van der Waals surface area contributed by atoms with E-state index >= 15 is 0 Å². The molecule has 0 bridgehead atoms. The summed E-state index contributed by atoms with van der Waals surface area (Å²) in [5, 5.41) is 4.69. The second kappa shape index (κ2) is 8.77. The number of aromatic amines is 1. The Morgan fingerprint density at radius 3 is 2.74 bits per heavy atom. The van der Waals surface area contributed by atoms with Crippen molar-refractivity contribution in [2.75, 3.05) is 16.8 Å². The molecule has 1 unspecified atom stereocenters. The summed E-state index contributed by atoms with van der Waals surface area (Å²) in [5.41, 5.74) is 1.13. The van der Waals surface area contributed by atoms with Crippen molar-refractivity contribution >= 4 is 40.3 Å². The first-order chi connectivity index (χ1) is 14.9. The molecule has 0 fully saturated rings. The van der Waals surface area contributed by atoms with Crippen molar-refractivity contribution in [3.63, 3.8) is 0 Å². The summed E-state index contributed by atoms with van der Waals surface area (Å²) in [6.45, 7) is 6.78. The maximum atomic E-state index is 12.6. The summed E-state index contributed by atoms with van der Waals surface area (Å²) in [6.07, 6.45) is 4.80. The molecule has 4 aromatic rings. The zero-order chi connectivity index (χ0) is 22.0. The van der Waals surface area contributed by atoms with E-state index in [1.807, 2.05) is 24.0 Å². The van der Waals surface area contributed by atoms with Crippen LogP contribution in [0.2, 0.25) is 5.02 Å². The molecule has 31 heavy (non-hydrogen) atoms. The van der Waals surface area contributed by atoms with Crippen LogP contribution >= 0.6 is 11.6 Å². The van der Waals surface area contributed by atoms with Gasteiger partial charge in [-0.3, -0.25) is 9.69 Å². The third kappa shape index (κ3) is 4.69.